The Labute approximate surface area is 162 Å². The molecule has 6 heteroatoms. The van der Waals surface area contributed by atoms with E-state index in [0.29, 0.717) is 29.0 Å². The molecule has 4 rings (SSSR count). The molecule has 1 N–H and O–H groups in total. The van der Waals surface area contributed by atoms with Crippen LogP contribution in [0, 0.1) is 11.3 Å². The monoisotopic (exact) mass is 371 g/mol. The van der Waals surface area contributed by atoms with Crippen LogP contribution in [0.5, 0.6) is 11.5 Å². The first-order valence-electron chi connectivity index (χ1n) is 8.85. The molecule has 0 bridgehead atoms. The molecule has 2 aromatic carbocycles. The maximum absolute atomic E-state index is 13.0. The number of ether oxygens (including phenoxy) is 1. The molecule has 0 atom stereocenters. The second kappa shape index (κ2) is 7.41. The Balaban J connectivity index is 1.71. The van der Waals surface area contributed by atoms with Crippen LogP contribution < -0.4 is 4.74 Å². The molecule has 0 unspecified atom stereocenters. The standard InChI is InChI=1S/C22H17N3O3/c23-12-15-4-1-2-6-19(15)22(27)25-8-9-28-21-18(14-25)10-17(11-20(21)26)16-5-3-7-24-13-16/h1-7,10-11,13,26H,8-9,14H2. The lowest BCUT2D eigenvalue weighted by atomic mass is 10.0. The molecule has 1 aromatic heterocycles. The van der Waals surface area contributed by atoms with Crippen LogP contribution in [0.25, 0.3) is 11.1 Å². The molecule has 0 aliphatic carbocycles. The van der Waals surface area contributed by atoms with Gasteiger partial charge in [0.2, 0.25) is 0 Å². The zero-order valence-electron chi connectivity index (χ0n) is 15.0. The van der Waals surface area contributed by atoms with Gasteiger partial charge >= 0.3 is 0 Å². The van der Waals surface area contributed by atoms with Gasteiger partial charge in [0, 0.05) is 30.1 Å². The quantitative estimate of drug-likeness (QED) is 0.746. The van der Waals surface area contributed by atoms with Crippen LogP contribution in [-0.4, -0.2) is 34.0 Å². The Morgan fingerprint density at radius 1 is 1.18 bits per heavy atom. The van der Waals surface area contributed by atoms with Crippen molar-refractivity contribution in [3.8, 4) is 28.7 Å². The van der Waals surface area contributed by atoms with E-state index in [1.165, 1.54) is 0 Å². The summed E-state index contributed by atoms with van der Waals surface area (Å²) in [7, 11) is 0. The van der Waals surface area contributed by atoms with Crippen molar-refractivity contribution in [3.05, 3.63) is 77.6 Å². The average molecular weight is 371 g/mol. The fourth-order valence-electron chi connectivity index (χ4n) is 3.31. The number of pyridine rings is 1. The van der Waals surface area contributed by atoms with E-state index < -0.39 is 0 Å². The van der Waals surface area contributed by atoms with Crippen LogP contribution >= 0.6 is 0 Å². The van der Waals surface area contributed by atoms with Crippen molar-refractivity contribution in [2.45, 2.75) is 6.54 Å². The van der Waals surface area contributed by atoms with Gasteiger partial charge in [0.25, 0.3) is 5.91 Å². The first kappa shape index (κ1) is 17.6. The van der Waals surface area contributed by atoms with Crippen LogP contribution in [0.2, 0.25) is 0 Å². The fourth-order valence-corrected chi connectivity index (χ4v) is 3.31. The molecule has 0 saturated carbocycles. The minimum absolute atomic E-state index is 0.0306. The van der Waals surface area contributed by atoms with E-state index in [1.807, 2.05) is 18.2 Å². The predicted molar refractivity (Wildman–Crippen MR) is 103 cm³/mol. The van der Waals surface area contributed by atoms with Gasteiger partial charge in [-0.2, -0.15) is 5.26 Å². The van der Waals surface area contributed by atoms with Crippen molar-refractivity contribution in [2.75, 3.05) is 13.2 Å². The predicted octanol–water partition coefficient (Wildman–Crippen LogP) is 3.36. The van der Waals surface area contributed by atoms with Gasteiger partial charge in [0.15, 0.2) is 11.5 Å². The number of rotatable bonds is 2. The number of amides is 1. The zero-order valence-corrected chi connectivity index (χ0v) is 15.0. The minimum Gasteiger partial charge on any atom is -0.504 e. The largest absolute Gasteiger partial charge is 0.504 e. The summed E-state index contributed by atoms with van der Waals surface area (Å²) >= 11 is 0. The Bertz CT molecular complexity index is 1070. The summed E-state index contributed by atoms with van der Waals surface area (Å²) in [4.78, 5) is 18.8. The molecule has 3 aromatic rings. The molecule has 1 amide bonds. The normalized spacial score (nSPS) is 13.0. The topological polar surface area (TPSA) is 86.5 Å². The smallest absolute Gasteiger partial charge is 0.255 e. The number of phenols is 1. The molecule has 0 spiro atoms. The number of fused-ring (bicyclic) bond motifs is 1. The van der Waals surface area contributed by atoms with Crippen LogP contribution in [0.4, 0.5) is 0 Å². The van der Waals surface area contributed by atoms with E-state index in [9.17, 15) is 15.2 Å². The van der Waals surface area contributed by atoms with Gasteiger partial charge in [-0.05, 0) is 35.9 Å². The van der Waals surface area contributed by atoms with E-state index in [4.69, 9.17) is 4.74 Å². The maximum atomic E-state index is 13.0. The van der Waals surface area contributed by atoms with Crippen molar-refractivity contribution in [1.82, 2.24) is 9.88 Å². The highest BCUT2D eigenvalue weighted by Gasteiger charge is 2.25. The van der Waals surface area contributed by atoms with E-state index >= 15 is 0 Å². The summed E-state index contributed by atoms with van der Waals surface area (Å²) in [6.45, 7) is 0.887. The summed E-state index contributed by atoms with van der Waals surface area (Å²) in [5.41, 5.74) is 3.06. The van der Waals surface area contributed by atoms with Gasteiger partial charge in [-0.1, -0.05) is 18.2 Å². The molecular weight excluding hydrogens is 354 g/mol. The van der Waals surface area contributed by atoms with Gasteiger partial charge in [-0.15, -0.1) is 0 Å². The van der Waals surface area contributed by atoms with Gasteiger partial charge in [-0.3, -0.25) is 9.78 Å². The Hall–Kier alpha value is -3.85. The summed E-state index contributed by atoms with van der Waals surface area (Å²) in [6, 6.07) is 16.1. The third-order valence-corrected chi connectivity index (χ3v) is 4.68. The number of phenolic OH excluding ortho intramolecular Hbond substituents is 1. The van der Waals surface area contributed by atoms with E-state index in [1.54, 1.807) is 47.6 Å². The molecule has 0 fully saturated rings. The number of hydrogen-bond acceptors (Lipinski definition) is 5. The SMILES string of the molecule is N#Cc1ccccc1C(=O)N1CCOc2c(O)cc(-c3cccnc3)cc2C1. The number of carbonyl (C=O) groups excluding carboxylic acids is 1. The Morgan fingerprint density at radius 2 is 2.04 bits per heavy atom. The summed E-state index contributed by atoms with van der Waals surface area (Å²) in [6.07, 6.45) is 3.40. The maximum Gasteiger partial charge on any atom is 0.255 e. The van der Waals surface area contributed by atoms with E-state index in [2.05, 4.69) is 11.1 Å². The Morgan fingerprint density at radius 3 is 2.82 bits per heavy atom. The summed E-state index contributed by atoms with van der Waals surface area (Å²) < 4.78 is 5.72. The number of nitrogens with zero attached hydrogens (tertiary/aromatic N) is 3. The third-order valence-electron chi connectivity index (χ3n) is 4.68. The van der Waals surface area contributed by atoms with E-state index in [-0.39, 0.29) is 24.8 Å². The number of aromatic hydroxyl groups is 1. The first-order chi connectivity index (χ1) is 13.7. The van der Waals surface area contributed by atoms with Crippen LogP contribution in [0.15, 0.2) is 60.9 Å². The molecule has 2 heterocycles. The molecule has 0 radical (unpaired) electrons. The van der Waals surface area contributed by atoms with Crippen LogP contribution in [0.3, 0.4) is 0 Å². The number of benzene rings is 2. The number of hydrogen-bond donors (Lipinski definition) is 1. The highest BCUT2D eigenvalue weighted by atomic mass is 16.5. The van der Waals surface area contributed by atoms with Gasteiger partial charge in [0.1, 0.15) is 6.61 Å². The fraction of sp³-hybridized carbons (Fsp3) is 0.136. The lowest BCUT2D eigenvalue weighted by Gasteiger charge is -2.20. The molecule has 138 valence electrons. The zero-order chi connectivity index (χ0) is 19.5. The van der Waals surface area contributed by atoms with Crippen molar-refractivity contribution in [3.63, 3.8) is 0 Å². The molecule has 1 aliphatic heterocycles. The van der Waals surface area contributed by atoms with Crippen molar-refractivity contribution < 1.29 is 14.6 Å². The molecule has 28 heavy (non-hydrogen) atoms. The van der Waals surface area contributed by atoms with E-state index in [0.717, 1.165) is 11.1 Å². The van der Waals surface area contributed by atoms with Crippen molar-refractivity contribution in [2.24, 2.45) is 0 Å². The van der Waals surface area contributed by atoms with Crippen LogP contribution in [0.1, 0.15) is 21.5 Å². The molecular formula is C22H17N3O3. The third kappa shape index (κ3) is 3.26. The number of carbonyl (C=O) groups is 1. The number of nitriles is 1. The van der Waals surface area contributed by atoms with Gasteiger partial charge in [-0.25, -0.2) is 0 Å². The lowest BCUT2D eigenvalue weighted by Crippen LogP contribution is -2.32. The first-order valence-corrected chi connectivity index (χ1v) is 8.85. The summed E-state index contributed by atoms with van der Waals surface area (Å²) in [5.74, 6) is 0.180. The Kier molecular flexibility index (Phi) is 4.65. The van der Waals surface area contributed by atoms with Crippen molar-refractivity contribution in [1.29, 1.82) is 5.26 Å². The highest BCUT2D eigenvalue weighted by Crippen LogP contribution is 2.37. The average Bonchev–Trinajstić information content (AvgIpc) is 2.96. The highest BCUT2D eigenvalue weighted by molar-refractivity contribution is 5.96. The summed E-state index contributed by atoms with van der Waals surface area (Å²) in [5, 5.41) is 19.7. The lowest BCUT2D eigenvalue weighted by molar-refractivity contribution is 0.0733. The second-order valence-corrected chi connectivity index (χ2v) is 6.46. The van der Waals surface area contributed by atoms with Crippen molar-refractivity contribution >= 4 is 5.91 Å². The molecule has 1 aliphatic rings. The molecule has 6 nitrogen and oxygen atoms in total. The second-order valence-electron chi connectivity index (χ2n) is 6.46. The minimum atomic E-state index is -0.236. The van der Waals surface area contributed by atoms with Crippen LogP contribution in [-0.2, 0) is 6.54 Å². The number of aromatic nitrogens is 1. The van der Waals surface area contributed by atoms with Gasteiger partial charge in [0.05, 0.1) is 23.7 Å². The molecule has 0 saturated heterocycles. The van der Waals surface area contributed by atoms with Gasteiger partial charge < -0.3 is 14.7 Å².